The van der Waals surface area contributed by atoms with E-state index in [1.807, 2.05) is 0 Å². The molecule has 148 valence electrons. The van der Waals surface area contributed by atoms with Gasteiger partial charge < -0.3 is 10.0 Å². The highest BCUT2D eigenvalue weighted by Gasteiger charge is 2.23. The molecule has 28 heavy (non-hydrogen) atoms. The van der Waals surface area contributed by atoms with E-state index in [9.17, 15) is 5.11 Å². The number of β-amino-alcohol motifs (C(OH)–C–C–N with tert-alkyl or cyclic N) is 1. The first kappa shape index (κ1) is 19.6. The van der Waals surface area contributed by atoms with Crippen molar-refractivity contribution < 1.29 is 5.11 Å². The zero-order valence-corrected chi connectivity index (χ0v) is 17.8. The summed E-state index contributed by atoms with van der Waals surface area (Å²) in [5, 5.41) is 12.7. The van der Waals surface area contributed by atoms with Gasteiger partial charge in [-0.25, -0.2) is 4.98 Å². The van der Waals surface area contributed by atoms with E-state index in [2.05, 4.69) is 63.3 Å². The molecular formula is C21H25ClN4OS. The normalized spacial score (nSPS) is 15.7. The molecule has 1 aliphatic rings. The summed E-state index contributed by atoms with van der Waals surface area (Å²) in [7, 11) is 0. The predicted octanol–water partition coefficient (Wildman–Crippen LogP) is 4.25. The molecule has 0 amide bonds. The number of hydrogen-bond acceptors (Lipinski definition) is 6. The van der Waals surface area contributed by atoms with E-state index in [0.29, 0.717) is 11.2 Å². The summed E-state index contributed by atoms with van der Waals surface area (Å²) in [6.45, 7) is 8.88. The lowest BCUT2D eigenvalue weighted by atomic mass is 9.99. The number of rotatable bonds is 5. The van der Waals surface area contributed by atoms with Crippen LogP contribution in [0.2, 0.25) is 5.28 Å². The number of aromatic nitrogens is 2. The van der Waals surface area contributed by atoms with Gasteiger partial charge in [-0.1, -0.05) is 38.1 Å². The SMILES string of the molecule is CC(C)c1ccc(-c2csc3nc(Cl)nc(N4CCN(CCO)CC4)c23)cc1. The fourth-order valence-corrected chi connectivity index (χ4v) is 4.87. The molecular weight excluding hydrogens is 392 g/mol. The highest BCUT2D eigenvalue weighted by molar-refractivity contribution is 7.17. The summed E-state index contributed by atoms with van der Waals surface area (Å²) in [6, 6.07) is 8.78. The molecule has 7 heteroatoms. The Balaban J connectivity index is 1.72. The lowest BCUT2D eigenvalue weighted by Gasteiger charge is -2.35. The zero-order chi connectivity index (χ0) is 19.7. The van der Waals surface area contributed by atoms with Crippen molar-refractivity contribution in [2.24, 2.45) is 0 Å². The van der Waals surface area contributed by atoms with Crippen molar-refractivity contribution in [3.63, 3.8) is 0 Å². The van der Waals surface area contributed by atoms with Crippen LogP contribution in [0.5, 0.6) is 0 Å². The van der Waals surface area contributed by atoms with E-state index < -0.39 is 0 Å². The third-order valence-corrected chi connectivity index (χ3v) is 6.40. The van der Waals surface area contributed by atoms with Gasteiger partial charge in [0.25, 0.3) is 0 Å². The second kappa shape index (κ2) is 8.33. The Morgan fingerprint density at radius 2 is 1.82 bits per heavy atom. The molecule has 3 heterocycles. The van der Waals surface area contributed by atoms with Crippen LogP contribution in [-0.4, -0.2) is 59.3 Å². The van der Waals surface area contributed by atoms with Gasteiger partial charge in [-0.3, -0.25) is 4.90 Å². The van der Waals surface area contributed by atoms with Gasteiger partial charge in [0.1, 0.15) is 10.6 Å². The molecule has 1 aliphatic heterocycles. The van der Waals surface area contributed by atoms with E-state index in [-0.39, 0.29) is 6.61 Å². The van der Waals surface area contributed by atoms with Crippen molar-refractivity contribution in [2.75, 3.05) is 44.2 Å². The summed E-state index contributed by atoms with van der Waals surface area (Å²) in [6.07, 6.45) is 0. The van der Waals surface area contributed by atoms with Crippen molar-refractivity contribution >= 4 is 39.0 Å². The lowest BCUT2D eigenvalue weighted by molar-refractivity contribution is 0.188. The summed E-state index contributed by atoms with van der Waals surface area (Å²) < 4.78 is 0. The quantitative estimate of drug-likeness (QED) is 0.630. The molecule has 0 atom stereocenters. The van der Waals surface area contributed by atoms with Crippen LogP contribution in [0.3, 0.4) is 0 Å². The van der Waals surface area contributed by atoms with Gasteiger partial charge in [0, 0.05) is 43.7 Å². The van der Waals surface area contributed by atoms with Crippen molar-refractivity contribution in [1.82, 2.24) is 14.9 Å². The number of hydrogen-bond donors (Lipinski definition) is 1. The molecule has 3 aromatic rings. The van der Waals surface area contributed by atoms with Gasteiger partial charge in [-0.05, 0) is 28.6 Å². The number of fused-ring (bicyclic) bond motifs is 1. The minimum Gasteiger partial charge on any atom is -0.395 e. The summed E-state index contributed by atoms with van der Waals surface area (Å²) in [5.74, 6) is 1.43. The fraction of sp³-hybridized carbons (Fsp3) is 0.429. The average Bonchev–Trinajstić information content (AvgIpc) is 3.12. The lowest BCUT2D eigenvalue weighted by Crippen LogP contribution is -2.47. The maximum atomic E-state index is 9.18. The Morgan fingerprint density at radius 3 is 2.46 bits per heavy atom. The smallest absolute Gasteiger partial charge is 0.225 e. The van der Waals surface area contributed by atoms with Crippen LogP contribution in [0.1, 0.15) is 25.3 Å². The Kier molecular flexibility index (Phi) is 5.83. The first-order chi connectivity index (χ1) is 13.6. The molecule has 0 radical (unpaired) electrons. The van der Waals surface area contributed by atoms with Gasteiger partial charge in [0.2, 0.25) is 5.28 Å². The zero-order valence-electron chi connectivity index (χ0n) is 16.2. The maximum absolute atomic E-state index is 9.18. The molecule has 1 N–H and O–H groups in total. The van der Waals surface area contributed by atoms with Gasteiger partial charge in [0.05, 0.1) is 12.0 Å². The number of benzene rings is 1. The molecule has 0 spiro atoms. The Bertz CT molecular complexity index is 949. The summed E-state index contributed by atoms with van der Waals surface area (Å²) in [4.78, 5) is 14.6. The first-order valence-corrected chi connectivity index (χ1v) is 11.0. The van der Waals surface area contributed by atoms with Gasteiger partial charge in [-0.2, -0.15) is 4.98 Å². The van der Waals surface area contributed by atoms with Crippen molar-refractivity contribution in [1.29, 1.82) is 0 Å². The van der Waals surface area contributed by atoms with Gasteiger partial charge >= 0.3 is 0 Å². The Hall–Kier alpha value is -1.73. The van der Waals surface area contributed by atoms with Crippen LogP contribution < -0.4 is 4.90 Å². The van der Waals surface area contributed by atoms with Gasteiger partial charge in [-0.15, -0.1) is 11.3 Å². The van der Waals surface area contributed by atoms with Crippen LogP contribution >= 0.6 is 22.9 Å². The van der Waals surface area contributed by atoms with E-state index >= 15 is 0 Å². The highest BCUT2D eigenvalue weighted by atomic mass is 35.5. The third kappa shape index (κ3) is 3.87. The molecule has 1 fully saturated rings. The van der Waals surface area contributed by atoms with Crippen molar-refractivity contribution in [3.05, 3.63) is 40.5 Å². The number of halogens is 1. The first-order valence-electron chi connectivity index (χ1n) is 9.70. The maximum Gasteiger partial charge on any atom is 0.225 e. The van der Waals surface area contributed by atoms with Crippen molar-refractivity contribution in [2.45, 2.75) is 19.8 Å². The van der Waals surface area contributed by atoms with Gasteiger partial charge in [0.15, 0.2) is 0 Å². The molecule has 1 saturated heterocycles. The van der Waals surface area contributed by atoms with E-state index in [1.165, 1.54) is 16.7 Å². The molecule has 0 unspecified atom stereocenters. The summed E-state index contributed by atoms with van der Waals surface area (Å²) >= 11 is 7.86. The number of aliphatic hydroxyl groups excluding tert-OH is 1. The Labute approximate surface area is 174 Å². The Morgan fingerprint density at radius 1 is 1.11 bits per heavy atom. The average molecular weight is 417 g/mol. The van der Waals surface area contributed by atoms with Crippen LogP contribution in [0.15, 0.2) is 29.6 Å². The molecule has 2 aromatic heterocycles. The van der Waals surface area contributed by atoms with Crippen molar-refractivity contribution in [3.8, 4) is 11.1 Å². The molecule has 0 saturated carbocycles. The minimum absolute atomic E-state index is 0.199. The number of nitrogens with zero attached hydrogens (tertiary/aromatic N) is 4. The minimum atomic E-state index is 0.199. The molecule has 0 aliphatic carbocycles. The van der Waals surface area contributed by atoms with E-state index in [0.717, 1.165) is 48.8 Å². The molecule has 4 rings (SSSR count). The third-order valence-electron chi connectivity index (χ3n) is 5.36. The summed E-state index contributed by atoms with van der Waals surface area (Å²) in [5.41, 5.74) is 3.68. The van der Waals surface area contributed by atoms with Crippen LogP contribution in [0.25, 0.3) is 21.3 Å². The monoisotopic (exact) mass is 416 g/mol. The highest BCUT2D eigenvalue weighted by Crippen LogP contribution is 2.39. The second-order valence-electron chi connectivity index (χ2n) is 7.47. The van der Waals surface area contributed by atoms with Crippen LogP contribution in [0.4, 0.5) is 5.82 Å². The fourth-order valence-electron chi connectivity index (χ4n) is 3.71. The number of aliphatic hydroxyl groups is 1. The molecule has 0 bridgehead atoms. The second-order valence-corrected chi connectivity index (χ2v) is 8.67. The standard InChI is InChI=1S/C21H25ClN4OS/c1-14(2)15-3-5-16(6-4-15)17-13-28-20-18(17)19(23-21(22)24-20)26-9-7-25(8-10-26)11-12-27/h3-6,13-14,27H,7-12H2,1-2H3. The van der Waals surface area contributed by atoms with Crippen LogP contribution in [0, 0.1) is 0 Å². The van der Waals surface area contributed by atoms with E-state index in [4.69, 9.17) is 11.6 Å². The number of piperazine rings is 1. The number of thiophene rings is 1. The predicted molar refractivity (Wildman–Crippen MR) is 118 cm³/mol. The van der Waals surface area contributed by atoms with E-state index in [1.54, 1.807) is 11.3 Å². The molecule has 1 aromatic carbocycles. The topological polar surface area (TPSA) is 52.5 Å². The molecule has 5 nitrogen and oxygen atoms in total. The largest absolute Gasteiger partial charge is 0.395 e. The van der Waals surface area contributed by atoms with Crippen LogP contribution in [-0.2, 0) is 0 Å². The number of anilines is 1.